The van der Waals surface area contributed by atoms with Gasteiger partial charge in [-0.15, -0.1) is 0 Å². The minimum absolute atomic E-state index is 0.0158. The van der Waals surface area contributed by atoms with E-state index in [1.54, 1.807) is 6.20 Å². The minimum atomic E-state index is 0.0158. The molecule has 3 rings (SSSR count). The molecule has 1 atom stereocenters. The fraction of sp³-hybridized carbons (Fsp3) is 0.643. The molecule has 0 radical (unpaired) electrons. The van der Waals surface area contributed by atoms with E-state index < -0.39 is 0 Å². The van der Waals surface area contributed by atoms with Crippen LogP contribution in [0.5, 0.6) is 0 Å². The van der Waals surface area contributed by atoms with Crippen molar-refractivity contribution in [1.29, 1.82) is 0 Å². The van der Waals surface area contributed by atoms with Crippen molar-refractivity contribution in [2.45, 2.75) is 39.0 Å². The van der Waals surface area contributed by atoms with Gasteiger partial charge in [0.05, 0.1) is 17.9 Å². The van der Waals surface area contributed by atoms with E-state index >= 15 is 0 Å². The summed E-state index contributed by atoms with van der Waals surface area (Å²) in [6.07, 6.45) is 4.15. The zero-order valence-corrected chi connectivity index (χ0v) is 10.9. The average molecular weight is 246 g/mol. The fourth-order valence-electron chi connectivity index (χ4n) is 2.78. The van der Waals surface area contributed by atoms with Gasteiger partial charge < -0.3 is 4.74 Å². The summed E-state index contributed by atoms with van der Waals surface area (Å²) in [4.78, 5) is 21.0. The van der Waals surface area contributed by atoms with Gasteiger partial charge in [0.1, 0.15) is 5.82 Å². The van der Waals surface area contributed by atoms with Crippen molar-refractivity contribution in [2.75, 3.05) is 13.2 Å². The summed E-state index contributed by atoms with van der Waals surface area (Å²) in [5.74, 6) is 1.32. The lowest BCUT2D eigenvalue weighted by Gasteiger charge is -2.29. The molecule has 0 N–H and O–H groups in total. The number of Topliss-reactive ketones (excluding diaryl/α,β-unsaturated/α-hetero) is 1. The summed E-state index contributed by atoms with van der Waals surface area (Å²) in [6.45, 7) is 5.73. The number of rotatable bonds is 1. The quantitative estimate of drug-likeness (QED) is 0.761. The highest BCUT2D eigenvalue weighted by molar-refractivity contribution is 5.98. The highest BCUT2D eigenvalue weighted by Gasteiger charge is 2.33. The maximum Gasteiger partial charge on any atom is 0.166 e. The SMILES string of the molecule is CC1(C)CC(=O)c2cnc(C3CCOC3)nc2C1. The predicted molar refractivity (Wildman–Crippen MR) is 66.6 cm³/mol. The Bertz CT molecular complexity index is 491. The maximum atomic E-state index is 12.0. The first kappa shape index (κ1) is 11.8. The van der Waals surface area contributed by atoms with Crippen molar-refractivity contribution < 1.29 is 9.53 Å². The Morgan fingerprint density at radius 2 is 2.22 bits per heavy atom. The van der Waals surface area contributed by atoms with E-state index in [1.165, 1.54) is 0 Å². The first-order valence-corrected chi connectivity index (χ1v) is 6.52. The van der Waals surface area contributed by atoms with Gasteiger partial charge in [-0.25, -0.2) is 9.97 Å². The van der Waals surface area contributed by atoms with Crippen molar-refractivity contribution in [1.82, 2.24) is 9.97 Å². The topological polar surface area (TPSA) is 52.1 Å². The predicted octanol–water partition coefficient (Wildman–Crippen LogP) is 2.14. The van der Waals surface area contributed by atoms with Crippen molar-refractivity contribution in [3.8, 4) is 0 Å². The molecule has 0 saturated carbocycles. The molecule has 0 aromatic carbocycles. The summed E-state index contributed by atoms with van der Waals surface area (Å²) in [7, 11) is 0. The monoisotopic (exact) mass is 246 g/mol. The first-order chi connectivity index (χ1) is 8.55. The largest absolute Gasteiger partial charge is 0.381 e. The third-order valence-electron chi connectivity index (χ3n) is 3.77. The molecule has 1 aromatic heterocycles. The zero-order valence-electron chi connectivity index (χ0n) is 10.9. The number of ketones is 1. The van der Waals surface area contributed by atoms with Crippen LogP contribution >= 0.6 is 0 Å². The van der Waals surface area contributed by atoms with Crippen LogP contribution in [0.15, 0.2) is 6.20 Å². The minimum Gasteiger partial charge on any atom is -0.381 e. The zero-order chi connectivity index (χ0) is 12.8. The Kier molecular flexibility index (Phi) is 2.70. The van der Waals surface area contributed by atoms with Gasteiger partial charge in [0.25, 0.3) is 0 Å². The molecule has 1 fully saturated rings. The van der Waals surface area contributed by atoms with E-state index in [2.05, 4.69) is 23.8 Å². The molecule has 0 bridgehead atoms. The van der Waals surface area contributed by atoms with Gasteiger partial charge >= 0.3 is 0 Å². The van der Waals surface area contributed by atoms with Crippen LogP contribution < -0.4 is 0 Å². The number of hydrogen-bond donors (Lipinski definition) is 0. The Hall–Kier alpha value is -1.29. The molecule has 2 heterocycles. The molecule has 2 aliphatic rings. The summed E-state index contributed by atoms with van der Waals surface area (Å²) < 4.78 is 5.37. The number of aromatic nitrogens is 2. The number of ether oxygens (including phenoxy) is 1. The van der Waals surface area contributed by atoms with Crippen molar-refractivity contribution >= 4 is 5.78 Å². The standard InChI is InChI=1S/C14H18N2O2/c1-14(2)5-11-10(12(17)6-14)7-15-13(16-11)9-3-4-18-8-9/h7,9H,3-6,8H2,1-2H3. The van der Waals surface area contributed by atoms with Crippen LogP contribution in [-0.2, 0) is 11.2 Å². The van der Waals surface area contributed by atoms with E-state index in [4.69, 9.17) is 4.74 Å². The van der Waals surface area contributed by atoms with Crippen LogP contribution in [0.25, 0.3) is 0 Å². The third kappa shape index (κ3) is 2.05. The van der Waals surface area contributed by atoms with Crippen LogP contribution in [0.3, 0.4) is 0 Å². The van der Waals surface area contributed by atoms with Gasteiger partial charge in [-0.3, -0.25) is 4.79 Å². The lowest BCUT2D eigenvalue weighted by atomic mass is 9.76. The lowest BCUT2D eigenvalue weighted by Crippen LogP contribution is -2.28. The molecule has 1 aliphatic carbocycles. The number of fused-ring (bicyclic) bond motifs is 1. The number of carbonyl (C=O) groups excluding carboxylic acids is 1. The molecule has 1 aromatic rings. The Morgan fingerprint density at radius 3 is 2.94 bits per heavy atom. The lowest BCUT2D eigenvalue weighted by molar-refractivity contribution is 0.0909. The van der Waals surface area contributed by atoms with Gasteiger partial charge in [0.15, 0.2) is 5.78 Å². The molecule has 1 saturated heterocycles. The number of nitrogens with zero attached hydrogens (tertiary/aromatic N) is 2. The van der Waals surface area contributed by atoms with Crippen LogP contribution in [0, 0.1) is 5.41 Å². The normalized spacial score (nSPS) is 26.1. The van der Waals surface area contributed by atoms with Gasteiger partial charge in [0.2, 0.25) is 0 Å². The van der Waals surface area contributed by atoms with Gasteiger partial charge in [0, 0.05) is 25.1 Å². The van der Waals surface area contributed by atoms with Gasteiger partial charge in [-0.1, -0.05) is 13.8 Å². The molecular formula is C14H18N2O2. The Morgan fingerprint density at radius 1 is 1.39 bits per heavy atom. The summed E-state index contributed by atoms with van der Waals surface area (Å²) in [6, 6.07) is 0. The van der Waals surface area contributed by atoms with E-state index in [0.29, 0.717) is 18.9 Å². The first-order valence-electron chi connectivity index (χ1n) is 6.52. The van der Waals surface area contributed by atoms with Crippen LogP contribution in [0.4, 0.5) is 0 Å². The van der Waals surface area contributed by atoms with E-state index in [-0.39, 0.29) is 11.2 Å². The second-order valence-electron chi connectivity index (χ2n) is 6.09. The molecule has 0 spiro atoms. The van der Waals surface area contributed by atoms with E-state index in [0.717, 1.165) is 36.5 Å². The highest BCUT2D eigenvalue weighted by Crippen LogP contribution is 2.34. The summed E-state index contributed by atoms with van der Waals surface area (Å²) >= 11 is 0. The van der Waals surface area contributed by atoms with Crippen molar-refractivity contribution in [3.05, 3.63) is 23.3 Å². The molecular weight excluding hydrogens is 228 g/mol. The molecule has 4 nitrogen and oxygen atoms in total. The Labute approximate surface area is 107 Å². The molecule has 18 heavy (non-hydrogen) atoms. The number of hydrogen-bond acceptors (Lipinski definition) is 4. The third-order valence-corrected chi connectivity index (χ3v) is 3.77. The summed E-state index contributed by atoms with van der Waals surface area (Å²) in [5, 5.41) is 0. The fourth-order valence-corrected chi connectivity index (χ4v) is 2.78. The average Bonchev–Trinajstić information content (AvgIpc) is 2.79. The Balaban J connectivity index is 1.96. The molecule has 96 valence electrons. The number of carbonyl (C=O) groups is 1. The molecule has 1 aliphatic heterocycles. The molecule has 1 unspecified atom stereocenters. The van der Waals surface area contributed by atoms with E-state index in [9.17, 15) is 4.79 Å². The van der Waals surface area contributed by atoms with Crippen LogP contribution in [0.1, 0.15) is 54.5 Å². The second kappa shape index (κ2) is 4.12. The van der Waals surface area contributed by atoms with Crippen LogP contribution in [0.2, 0.25) is 0 Å². The molecule has 4 heteroatoms. The second-order valence-corrected chi connectivity index (χ2v) is 6.09. The van der Waals surface area contributed by atoms with Gasteiger partial charge in [-0.05, 0) is 18.3 Å². The van der Waals surface area contributed by atoms with Gasteiger partial charge in [-0.2, -0.15) is 0 Å². The molecule has 0 amide bonds. The van der Waals surface area contributed by atoms with Crippen molar-refractivity contribution in [2.24, 2.45) is 5.41 Å². The maximum absolute atomic E-state index is 12.0. The highest BCUT2D eigenvalue weighted by atomic mass is 16.5. The smallest absolute Gasteiger partial charge is 0.166 e. The van der Waals surface area contributed by atoms with Crippen molar-refractivity contribution in [3.63, 3.8) is 0 Å². The van der Waals surface area contributed by atoms with E-state index in [1.807, 2.05) is 0 Å². The summed E-state index contributed by atoms with van der Waals surface area (Å²) in [5.41, 5.74) is 1.66. The van der Waals surface area contributed by atoms with Crippen LogP contribution in [-0.4, -0.2) is 29.0 Å².